The number of hydrogen-bond donors (Lipinski definition) is 2. The molecular weight excluding hydrogens is 148 g/mol. The summed E-state index contributed by atoms with van der Waals surface area (Å²) in [5, 5.41) is 8.83. The number of nitrogens with zero attached hydrogens (tertiary/aromatic N) is 3. The quantitative estimate of drug-likeness (QED) is 0.491. The maximum Gasteiger partial charge on any atom is 0.382 e. The van der Waals surface area contributed by atoms with Crippen LogP contribution >= 0.6 is 0 Å². The van der Waals surface area contributed by atoms with E-state index in [-0.39, 0.29) is 0 Å². The first-order valence-electron chi connectivity index (χ1n) is 2.89. The van der Waals surface area contributed by atoms with E-state index in [0.717, 1.165) is 0 Å². The Bertz CT molecular complexity index is 443. The molecule has 0 aliphatic heterocycles. The molecule has 2 rings (SSSR count). The van der Waals surface area contributed by atoms with Crippen molar-refractivity contribution in [2.24, 2.45) is 0 Å². The van der Waals surface area contributed by atoms with Gasteiger partial charge in [-0.15, -0.1) is 4.73 Å². The standard InChI is InChI=1S/C5H4N4O2/c10-5-8-4-3(1-9(5)11)6-2-7-4/h1-2,11H,(H,6,7,8,10). The van der Waals surface area contributed by atoms with Crippen LogP contribution in [0.3, 0.4) is 0 Å². The number of hydrogen-bond acceptors (Lipinski definition) is 4. The van der Waals surface area contributed by atoms with Crippen molar-refractivity contribution < 1.29 is 5.21 Å². The van der Waals surface area contributed by atoms with Crippen LogP contribution in [0.5, 0.6) is 0 Å². The summed E-state index contributed by atoms with van der Waals surface area (Å²) in [7, 11) is 0. The van der Waals surface area contributed by atoms with Gasteiger partial charge in [0.2, 0.25) is 0 Å². The molecular formula is C5H4N4O2. The number of imidazole rings is 1. The van der Waals surface area contributed by atoms with Gasteiger partial charge in [-0.3, -0.25) is 0 Å². The number of aromatic nitrogens is 4. The summed E-state index contributed by atoms with van der Waals surface area (Å²) in [4.78, 5) is 20.6. The lowest BCUT2D eigenvalue weighted by Crippen LogP contribution is -2.19. The van der Waals surface area contributed by atoms with Gasteiger partial charge in [-0.1, -0.05) is 0 Å². The fourth-order valence-corrected chi connectivity index (χ4v) is 0.800. The first-order chi connectivity index (χ1) is 5.27. The Balaban J connectivity index is 2.97. The Morgan fingerprint density at radius 1 is 1.64 bits per heavy atom. The maximum absolute atomic E-state index is 10.7. The molecule has 0 saturated heterocycles. The number of fused-ring (bicyclic) bond motifs is 1. The third-order valence-electron chi connectivity index (χ3n) is 1.30. The van der Waals surface area contributed by atoms with Crippen LogP contribution in [0.4, 0.5) is 0 Å². The highest BCUT2D eigenvalue weighted by molar-refractivity contribution is 5.67. The van der Waals surface area contributed by atoms with Gasteiger partial charge >= 0.3 is 5.69 Å². The van der Waals surface area contributed by atoms with E-state index in [1.165, 1.54) is 12.5 Å². The van der Waals surface area contributed by atoms with E-state index in [2.05, 4.69) is 15.0 Å². The zero-order chi connectivity index (χ0) is 7.84. The second kappa shape index (κ2) is 1.82. The minimum atomic E-state index is -0.732. The van der Waals surface area contributed by atoms with Crippen LogP contribution in [-0.4, -0.2) is 24.9 Å². The van der Waals surface area contributed by atoms with Gasteiger partial charge in [-0.25, -0.2) is 9.78 Å². The number of aromatic amines is 1. The number of nitrogens with one attached hydrogen (secondary N) is 1. The van der Waals surface area contributed by atoms with Crippen LogP contribution in [0.25, 0.3) is 11.2 Å². The summed E-state index contributed by atoms with van der Waals surface area (Å²) in [6.07, 6.45) is 2.62. The van der Waals surface area contributed by atoms with Crippen LogP contribution < -0.4 is 5.69 Å². The SMILES string of the molecule is O=c1nc2nc[nH]c2cn1O. The van der Waals surface area contributed by atoms with Crippen molar-refractivity contribution in [2.75, 3.05) is 0 Å². The molecule has 0 spiro atoms. The van der Waals surface area contributed by atoms with Gasteiger partial charge in [0.1, 0.15) is 5.52 Å². The average molecular weight is 152 g/mol. The van der Waals surface area contributed by atoms with Crippen molar-refractivity contribution in [3.8, 4) is 0 Å². The third-order valence-corrected chi connectivity index (χ3v) is 1.30. The maximum atomic E-state index is 10.7. The van der Waals surface area contributed by atoms with Crippen molar-refractivity contribution in [3.05, 3.63) is 23.0 Å². The van der Waals surface area contributed by atoms with Gasteiger partial charge in [-0.2, -0.15) is 4.98 Å². The molecule has 0 radical (unpaired) electrons. The molecule has 0 amide bonds. The first-order valence-corrected chi connectivity index (χ1v) is 2.89. The van der Waals surface area contributed by atoms with E-state index in [9.17, 15) is 4.79 Å². The summed E-state index contributed by atoms with van der Waals surface area (Å²) in [6, 6.07) is 0. The minimum absolute atomic E-state index is 0.306. The van der Waals surface area contributed by atoms with Crippen LogP contribution in [0, 0.1) is 0 Å². The van der Waals surface area contributed by atoms with E-state index in [4.69, 9.17) is 5.21 Å². The second-order valence-electron chi connectivity index (χ2n) is 2.01. The summed E-state index contributed by atoms with van der Waals surface area (Å²) >= 11 is 0. The van der Waals surface area contributed by atoms with Gasteiger partial charge in [0.25, 0.3) is 0 Å². The van der Waals surface area contributed by atoms with Crippen molar-refractivity contribution in [1.82, 2.24) is 19.7 Å². The molecule has 0 aromatic carbocycles. The lowest BCUT2D eigenvalue weighted by molar-refractivity contribution is 0.171. The molecule has 0 aliphatic carbocycles. The van der Waals surface area contributed by atoms with Gasteiger partial charge in [0, 0.05) is 0 Å². The van der Waals surface area contributed by atoms with Crippen molar-refractivity contribution in [2.45, 2.75) is 0 Å². The van der Waals surface area contributed by atoms with E-state index >= 15 is 0 Å². The lowest BCUT2D eigenvalue weighted by atomic mass is 10.6. The zero-order valence-electron chi connectivity index (χ0n) is 5.35. The lowest BCUT2D eigenvalue weighted by Gasteiger charge is -1.91. The minimum Gasteiger partial charge on any atom is -0.424 e. The van der Waals surface area contributed by atoms with Crippen molar-refractivity contribution in [1.29, 1.82) is 0 Å². The van der Waals surface area contributed by atoms with Crippen LogP contribution in [0.1, 0.15) is 0 Å². The van der Waals surface area contributed by atoms with Crippen LogP contribution in [-0.2, 0) is 0 Å². The number of rotatable bonds is 0. The fraction of sp³-hybridized carbons (Fsp3) is 0. The molecule has 2 heterocycles. The van der Waals surface area contributed by atoms with Gasteiger partial charge in [0.05, 0.1) is 12.5 Å². The molecule has 56 valence electrons. The molecule has 0 bridgehead atoms. The molecule has 0 fully saturated rings. The van der Waals surface area contributed by atoms with E-state index in [1.807, 2.05) is 0 Å². The molecule has 0 saturated carbocycles. The van der Waals surface area contributed by atoms with E-state index in [0.29, 0.717) is 15.9 Å². The Morgan fingerprint density at radius 2 is 2.45 bits per heavy atom. The molecule has 0 unspecified atom stereocenters. The predicted octanol–water partition coefficient (Wildman–Crippen LogP) is -0.643. The monoisotopic (exact) mass is 152 g/mol. The summed E-state index contributed by atoms with van der Waals surface area (Å²) in [5.41, 5.74) is 0.0944. The van der Waals surface area contributed by atoms with Crippen molar-refractivity contribution in [3.63, 3.8) is 0 Å². The Morgan fingerprint density at radius 3 is 3.27 bits per heavy atom. The topological polar surface area (TPSA) is 83.8 Å². The Kier molecular flexibility index (Phi) is 0.974. The van der Waals surface area contributed by atoms with Gasteiger partial charge in [-0.05, 0) is 0 Å². The molecule has 0 atom stereocenters. The smallest absolute Gasteiger partial charge is 0.382 e. The molecule has 6 heteroatoms. The second-order valence-corrected chi connectivity index (χ2v) is 2.01. The number of H-pyrrole nitrogens is 1. The Hall–Kier alpha value is -1.85. The fourth-order valence-electron chi connectivity index (χ4n) is 0.800. The summed E-state index contributed by atoms with van der Waals surface area (Å²) in [6.45, 7) is 0. The highest BCUT2D eigenvalue weighted by Crippen LogP contribution is 1.98. The first kappa shape index (κ1) is 5.90. The largest absolute Gasteiger partial charge is 0.424 e. The Labute approximate surface area is 60.1 Å². The van der Waals surface area contributed by atoms with Crippen molar-refractivity contribution >= 4 is 11.2 Å². The average Bonchev–Trinajstić information content (AvgIpc) is 2.36. The van der Waals surface area contributed by atoms with E-state index in [1.54, 1.807) is 0 Å². The molecule has 2 N–H and O–H groups in total. The normalized spacial score (nSPS) is 10.5. The van der Waals surface area contributed by atoms with Gasteiger partial charge < -0.3 is 10.2 Å². The van der Waals surface area contributed by atoms with Gasteiger partial charge in [0.15, 0.2) is 5.65 Å². The van der Waals surface area contributed by atoms with E-state index < -0.39 is 5.69 Å². The molecule has 2 aromatic heterocycles. The molecule has 2 aromatic rings. The highest BCUT2D eigenvalue weighted by atomic mass is 16.5. The third kappa shape index (κ3) is 0.759. The summed E-state index contributed by atoms with van der Waals surface area (Å²) in [5.74, 6) is 0. The predicted molar refractivity (Wildman–Crippen MR) is 35.3 cm³/mol. The highest BCUT2D eigenvalue weighted by Gasteiger charge is 2.00. The summed E-state index contributed by atoms with van der Waals surface area (Å²) < 4.78 is 0.403. The van der Waals surface area contributed by atoms with Crippen LogP contribution in [0.2, 0.25) is 0 Å². The molecule has 11 heavy (non-hydrogen) atoms. The van der Waals surface area contributed by atoms with Crippen LogP contribution in [0.15, 0.2) is 17.3 Å². The molecule has 6 nitrogen and oxygen atoms in total. The molecule has 0 aliphatic rings. The zero-order valence-corrected chi connectivity index (χ0v) is 5.35.